The van der Waals surface area contributed by atoms with Crippen LogP contribution in [-0.2, 0) is 0 Å². The summed E-state index contributed by atoms with van der Waals surface area (Å²) in [5, 5.41) is 3.09. The highest BCUT2D eigenvalue weighted by Crippen LogP contribution is 2.23. The molecule has 102 valence electrons. The summed E-state index contributed by atoms with van der Waals surface area (Å²) in [4.78, 5) is 27.1. The summed E-state index contributed by atoms with van der Waals surface area (Å²) in [6, 6.07) is 7.33. The molecular weight excluding hydrogens is 242 g/mol. The van der Waals surface area contributed by atoms with Crippen molar-refractivity contribution >= 4 is 17.5 Å². The highest BCUT2D eigenvalue weighted by Gasteiger charge is 2.34. The third-order valence-electron chi connectivity index (χ3n) is 3.48. The number of urea groups is 1. The number of likely N-dealkylation sites (N-methyl/N-ethyl adjacent to an activating group) is 2. The van der Waals surface area contributed by atoms with Gasteiger partial charge in [-0.1, -0.05) is 12.1 Å². The van der Waals surface area contributed by atoms with Gasteiger partial charge < -0.3 is 10.2 Å². The standard InChI is InChI=1S/C14H19N3O2/c1-10(18)11-5-4-6-12(7-11)17-9-13(8-15-2)16(3)14(17)19/h4-7,13,15H,8-9H2,1-3H3. The first-order valence-electron chi connectivity index (χ1n) is 6.34. The molecule has 0 spiro atoms. The maximum absolute atomic E-state index is 12.2. The fraction of sp³-hybridized carbons (Fsp3) is 0.429. The number of nitrogens with one attached hydrogen (secondary N) is 1. The molecule has 0 aromatic heterocycles. The number of anilines is 1. The minimum atomic E-state index is -0.0269. The van der Waals surface area contributed by atoms with Crippen LogP contribution in [0.4, 0.5) is 10.5 Å². The summed E-state index contributed by atoms with van der Waals surface area (Å²) in [5.41, 5.74) is 1.41. The highest BCUT2D eigenvalue weighted by molar-refractivity contribution is 5.98. The summed E-state index contributed by atoms with van der Waals surface area (Å²) in [7, 11) is 3.68. The van der Waals surface area contributed by atoms with Gasteiger partial charge >= 0.3 is 6.03 Å². The third kappa shape index (κ3) is 2.61. The van der Waals surface area contributed by atoms with Gasteiger partial charge in [0.05, 0.1) is 6.04 Å². The van der Waals surface area contributed by atoms with Gasteiger partial charge in [0.25, 0.3) is 0 Å². The van der Waals surface area contributed by atoms with E-state index in [1.807, 2.05) is 19.2 Å². The largest absolute Gasteiger partial charge is 0.324 e. The number of hydrogen-bond donors (Lipinski definition) is 1. The van der Waals surface area contributed by atoms with Crippen LogP contribution in [0.5, 0.6) is 0 Å². The molecule has 1 aliphatic heterocycles. The second-order valence-corrected chi connectivity index (χ2v) is 4.82. The molecule has 1 aromatic carbocycles. The van der Waals surface area contributed by atoms with Crippen molar-refractivity contribution in [2.45, 2.75) is 13.0 Å². The quantitative estimate of drug-likeness (QED) is 0.832. The molecule has 19 heavy (non-hydrogen) atoms. The predicted octanol–water partition coefficient (Wildman–Crippen LogP) is 1.35. The van der Waals surface area contributed by atoms with E-state index in [4.69, 9.17) is 0 Å². The monoisotopic (exact) mass is 261 g/mol. The van der Waals surface area contributed by atoms with Crippen molar-refractivity contribution in [1.82, 2.24) is 10.2 Å². The van der Waals surface area contributed by atoms with Gasteiger partial charge in [-0.05, 0) is 26.1 Å². The van der Waals surface area contributed by atoms with Crippen molar-refractivity contribution in [3.63, 3.8) is 0 Å². The molecule has 1 heterocycles. The average molecular weight is 261 g/mol. The van der Waals surface area contributed by atoms with E-state index >= 15 is 0 Å². The predicted molar refractivity (Wildman–Crippen MR) is 74.7 cm³/mol. The first-order chi connectivity index (χ1) is 9.04. The number of carbonyl (C=O) groups is 2. The van der Waals surface area contributed by atoms with Crippen molar-refractivity contribution in [2.75, 3.05) is 32.1 Å². The van der Waals surface area contributed by atoms with Gasteiger partial charge in [0.15, 0.2) is 5.78 Å². The average Bonchev–Trinajstić information content (AvgIpc) is 2.68. The molecule has 5 heteroatoms. The summed E-state index contributed by atoms with van der Waals surface area (Å²) in [6.07, 6.45) is 0. The maximum atomic E-state index is 12.2. The van der Waals surface area contributed by atoms with Crippen molar-refractivity contribution in [2.24, 2.45) is 0 Å². The lowest BCUT2D eigenvalue weighted by Crippen LogP contribution is -2.37. The summed E-state index contributed by atoms with van der Waals surface area (Å²) in [6.45, 7) is 2.92. The zero-order valence-corrected chi connectivity index (χ0v) is 11.5. The van der Waals surface area contributed by atoms with Crippen LogP contribution in [0.2, 0.25) is 0 Å². The maximum Gasteiger partial charge on any atom is 0.324 e. The molecule has 1 aliphatic rings. The summed E-state index contributed by atoms with van der Waals surface area (Å²) >= 11 is 0. The number of hydrogen-bond acceptors (Lipinski definition) is 3. The number of Topliss-reactive ketones (excluding diaryl/α,β-unsaturated/α-hetero) is 1. The molecule has 1 fully saturated rings. The lowest BCUT2D eigenvalue weighted by Gasteiger charge is -2.17. The van der Waals surface area contributed by atoms with Crippen molar-refractivity contribution in [3.8, 4) is 0 Å². The lowest BCUT2D eigenvalue weighted by atomic mass is 10.1. The first kappa shape index (κ1) is 13.5. The molecule has 1 unspecified atom stereocenters. The zero-order valence-electron chi connectivity index (χ0n) is 11.5. The number of rotatable bonds is 4. The summed E-state index contributed by atoms with van der Waals surface area (Å²) in [5.74, 6) is 0.00799. The topological polar surface area (TPSA) is 52.7 Å². The first-order valence-corrected chi connectivity index (χ1v) is 6.34. The number of benzene rings is 1. The minimum Gasteiger partial charge on any atom is -0.321 e. The van der Waals surface area contributed by atoms with Gasteiger partial charge in [-0.2, -0.15) is 0 Å². The Bertz CT molecular complexity index is 501. The molecule has 0 aliphatic carbocycles. The Hall–Kier alpha value is -1.88. The zero-order chi connectivity index (χ0) is 14.0. The molecule has 2 amide bonds. The molecule has 0 bridgehead atoms. The fourth-order valence-corrected chi connectivity index (χ4v) is 2.30. The van der Waals surface area contributed by atoms with Gasteiger partial charge in [0.1, 0.15) is 0 Å². The Morgan fingerprint density at radius 1 is 1.47 bits per heavy atom. The smallest absolute Gasteiger partial charge is 0.321 e. The van der Waals surface area contributed by atoms with Crippen LogP contribution >= 0.6 is 0 Å². The van der Waals surface area contributed by atoms with Crippen molar-refractivity contribution < 1.29 is 9.59 Å². The van der Waals surface area contributed by atoms with Gasteiger partial charge in [-0.3, -0.25) is 9.69 Å². The molecule has 1 aromatic rings. The number of carbonyl (C=O) groups excluding carboxylic acids is 2. The normalized spacial score (nSPS) is 19.1. The Labute approximate surface area is 113 Å². The van der Waals surface area contributed by atoms with Gasteiger partial charge in [-0.15, -0.1) is 0 Å². The Morgan fingerprint density at radius 3 is 2.84 bits per heavy atom. The van der Waals surface area contributed by atoms with E-state index in [0.29, 0.717) is 12.1 Å². The Balaban J connectivity index is 2.25. The van der Waals surface area contributed by atoms with Crippen LogP contribution in [0, 0.1) is 0 Å². The van der Waals surface area contributed by atoms with E-state index in [0.717, 1.165) is 12.2 Å². The molecular formula is C14H19N3O2. The molecule has 0 radical (unpaired) electrons. The van der Waals surface area contributed by atoms with E-state index in [-0.39, 0.29) is 17.9 Å². The van der Waals surface area contributed by atoms with Gasteiger partial charge in [0, 0.05) is 31.4 Å². The second kappa shape index (κ2) is 5.40. The van der Waals surface area contributed by atoms with E-state index in [2.05, 4.69) is 5.32 Å². The third-order valence-corrected chi connectivity index (χ3v) is 3.48. The van der Waals surface area contributed by atoms with E-state index in [9.17, 15) is 9.59 Å². The molecule has 2 rings (SSSR count). The minimum absolute atomic E-state index is 0.00799. The molecule has 1 saturated heterocycles. The Morgan fingerprint density at radius 2 is 2.21 bits per heavy atom. The second-order valence-electron chi connectivity index (χ2n) is 4.82. The van der Waals surface area contributed by atoms with Crippen LogP contribution in [0.15, 0.2) is 24.3 Å². The van der Waals surface area contributed by atoms with Crippen LogP contribution in [-0.4, -0.2) is 49.9 Å². The fourth-order valence-electron chi connectivity index (χ4n) is 2.30. The van der Waals surface area contributed by atoms with Crippen LogP contribution in [0.3, 0.4) is 0 Å². The van der Waals surface area contributed by atoms with Crippen LogP contribution in [0.25, 0.3) is 0 Å². The lowest BCUT2D eigenvalue weighted by molar-refractivity contribution is 0.101. The van der Waals surface area contributed by atoms with Crippen molar-refractivity contribution in [1.29, 1.82) is 0 Å². The Kier molecular flexibility index (Phi) is 3.85. The van der Waals surface area contributed by atoms with Gasteiger partial charge in [0.2, 0.25) is 0 Å². The highest BCUT2D eigenvalue weighted by atomic mass is 16.2. The molecule has 1 N–H and O–H groups in total. The SMILES string of the molecule is CNCC1CN(c2cccc(C(C)=O)c2)C(=O)N1C. The number of nitrogens with zero attached hydrogens (tertiary/aromatic N) is 2. The van der Waals surface area contributed by atoms with Crippen LogP contribution in [0.1, 0.15) is 17.3 Å². The number of amides is 2. The molecule has 0 saturated carbocycles. The molecule has 1 atom stereocenters. The molecule has 5 nitrogen and oxygen atoms in total. The van der Waals surface area contributed by atoms with Gasteiger partial charge in [-0.25, -0.2) is 4.79 Å². The van der Waals surface area contributed by atoms with Crippen molar-refractivity contribution in [3.05, 3.63) is 29.8 Å². The van der Waals surface area contributed by atoms with E-state index < -0.39 is 0 Å². The van der Waals surface area contributed by atoms with E-state index in [1.165, 1.54) is 6.92 Å². The van der Waals surface area contributed by atoms with Crippen LogP contribution < -0.4 is 10.2 Å². The number of ketones is 1. The van der Waals surface area contributed by atoms with E-state index in [1.54, 1.807) is 29.0 Å². The summed E-state index contributed by atoms with van der Waals surface area (Å²) < 4.78 is 0.